The van der Waals surface area contributed by atoms with E-state index in [9.17, 15) is 4.79 Å². The second kappa shape index (κ2) is 3.64. The van der Waals surface area contributed by atoms with Gasteiger partial charge < -0.3 is 5.73 Å². The molecule has 0 aromatic carbocycles. The highest BCUT2D eigenvalue weighted by molar-refractivity contribution is 5.76. The van der Waals surface area contributed by atoms with E-state index in [0.717, 1.165) is 13.0 Å². The Morgan fingerprint density at radius 3 is 2.85 bits per heavy atom. The van der Waals surface area contributed by atoms with Crippen molar-refractivity contribution in [2.24, 2.45) is 5.73 Å². The van der Waals surface area contributed by atoms with Crippen molar-refractivity contribution in [2.45, 2.75) is 31.7 Å². The van der Waals surface area contributed by atoms with Gasteiger partial charge in [-0.25, -0.2) is 5.01 Å². The molecule has 1 aliphatic heterocycles. The summed E-state index contributed by atoms with van der Waals surface area (Å²) in [5.74, 6) is 0.253. The van der Waals surface area contributed by atoms with Crippen molar-refractivity contribution in [1.82, 2.24) is 10.0 Å². The van der Waals surface area contributed by atoms with Gasteiger partial charge in [0, 0.05) is 32.1 Å². The first kappa shape index (κ1) is 8.97. The monoisotopic (exact) mass is 183 g/mol. The van der Waals surface area contributed by atoms with Crippen LogP contribution in [0.1, 0.15) is 25.7 Å². The molecule has 0 aromatic rings. The largest absolute Gasteiger partial charge is 0.329 e. The summed E-state index contributed by atoms with van der Waals surface area (Å²) in [6.07, 6.45) is 4.20. The van der Waals surface area contributed by atoms with Gasteiger partial charge in [0.25, 0.3) is 0 Å². The molecule has 2 N–H and O–H groups in total. The maximum absolute atomic E-state index is 11.6. The molecule has 1 aliphatic carbocycles. The Hall–Kier alpha value is -0.610. The zero-order valence-corrected chi connectivity index (χ0v) is 7.91. The second-order valence-corrected chi connectivity index (χ2v) is 3.80. The fourth-order valence-corrected chi connectivity index (χ4v) is 1.91. The van der Waals surface area contributed by atoms with Gasteiger partial charge in [-0.15, -0.1) is 0 Å². The summed E-state index contributed by atoms with van der Waals surface area (Å²) in [5, 5.41) is 4.08. The van der Waals surface area contributed by atoms with Crippen LogP contribution in [0, 0.1) is 0 Å². The molecule has 0 spiro atoms. The molecule has 2 aliphatic rings. The predicted molar refractivity (Wildman–Crippen MR) is 49.7 cm³/mol. The van der Waals surface area contributed by atoms with Gasteiger partial charge in [0.15, 0.2) is 0 Å². The van der Waals surface area contributed by atoms with Crippen LogP contribution in [0.3, 0.4) is 0 Å². The van der Waals surface area contributed by atoms with Gasteiger partial charge in [0.2, 0.25) is 5.91 Å². The molecule has 13 heavy (non-hydrogen) atoms. The molecule has 2 rings (SSSR count). The summed E-state index contributed by atoms with van der Waals surface area (Å²) in [6.45, 7) is 2.29. The van der Waals surface area contributed by atoms with E-state index in [1.807, 2.05) is 5.01 Å². The Kier molecular flexibility index (Phi) is 2.51. The van der Waals surface area contributed by atoms with Crippen LogP contribution in [0.15, 0.2) is 0 Å². The Labute approximate surface area is 78.6 Å². The third-order valence-electron chi connectivity index (χ3n) is 2.69. The van der Waals surface area contributed by atoms with Crippen molar-refractivity contribution in [2.75, 3.05) is 19.6 Å². The Balaban J connectivity index is 1.99. The lowest BCUT2D eigenvalue weighted by atomic mass is 10.2. The number of amides is 1. The molecular formula is C9H17N3O. The van der Waals surface area contributed by atoms with E-state index in [1.165, 1.54) is 12.8 Å². The van der Waals surface area contributed by atoms with Crippen molar-refractivity contribution < 1.29 is 4.79 Å². The minimum Gasteiger partial charge on any atom is -0.329 e. The molecular weight excluding hydrogens is 166 g/mol. The SMILES string of the molecule is NCCN1C(=O)CCCN1C1CC1. The molecule has 0 atom stereocenters. The lowest BCUT2D eigenvalue weighted by Crippen LogP contribution is -2.53. The molecule has 2 fully saturated rings. The topological polar surface area (TPSA) is 49.6 Å². The van der Waals surface area contributed by atoms with Gasteiger partial charge in [0.05, 0.1) is 0 Å². The van der Waals surface area contributed by atoms with Crippen LogP contribution >= 0.6 is 0 Å². The minimum atomic E-state index is 0.253. The van der Waals surface area contributed by atoms with Crippen LogP contribution in [-0.4, -0.2) is 41.6 Å². The maximum Gasteiger partial charge on any atom is 0.236 e. The third kappa shape index (κ3) is 1.84. The quantitative estimate of drug-likeness (QED) is 0.667. The third-order valence-corrected chi connectivity index (χ3v) is 2.69. The zero-order valence-electron chi connectivity index (χ0n) is 7.91. The average Bonchev–Trinajstić information content (AvgIpc) is 2.92. The molecule has 74 valence electrons. The van der Waals surface area contributed by atoms with Crippen LogP contribution in [0.5, 0.6) is 0 Å². The van der Waals surface area contributed by atoms with Crippen molar-refractivity contribution in [3.05, 3.63) is 0 Å². The Bertz CT molecular complexity index is 203. The number of carbonyl (C=O) groups is 1. The summed E-state index contributed by atoms with van der Waals surface area (Å²) >= 11 is 0. The summed E-state index contributed by atoms with van der Waals surface area (Å²) in [4.78, 5) is 11.6. The van der Waals surface area contributed by atoms with Gasteiger partial charge in [-0.2, -0.15) is 0 Å². The number of hydrazine groups is 1. The van der Waals surface area contributed by atoms with Gasteiger partial charge in [-0.3, -0.25) is 9.80 Å². The lowest BCUT2D eigenvalue weighted by molar-refractivity contribution is -0.156. The molecule has 1 heterocycles. The van der Waals surface area contributed by atoms with Gasteiger partial charge >= 0.3 is 0 Å². The number of nitrogens with zero attached hydrogens (tertiary/aromatic N) is 2. The molecule has 0 radical (unpaired) electrons. The van der Waals surface area contributed by atoms with Crippen molar-refractivity contribution >= 4 is 5.91 Å². The Morgan fingerprint density at radius 2 is 2.23 bits per heavy atom. The van der Waals surface area contributed by atoms with E-state index in [4.69, 9.17) is 5.73 Å². The number of carbonyl (C=O) groups excluding carboxylic acids is 1. The van der Waals surface area contributed by atoms with Crippen LogP contribution in [0.2, 0.25) is 0 Å². The zero-order chi connectivity index (χ0) is 9.26. The summed E-state index contributed by atoms with van der Waals surface area (Å²) in [6, 6.07) is 0.635. The first-order valence-corrected chi connectivity index (χ1v) is 5.10. The number of hydrogen-bond acceptors (Lipinski definition) is 3. The normalized spacial score (nSPS) is 25.3. The van der Waals surface area contributed by atoms with Crippen LogP contribution < -0.4 is 5.73 Å². The molecule has 4 heteroatoms. The van der Waals surface area contributed by atoms with E-state index in [2.05, 4.69) is 5.01 Å². The minimum absolute atomic E-state index is 0.253. The van der Waals surface area contributed by atoms with E-state index in [0.29, 0.717) is 25.6 Å². The molecule has 1 saturated carbocycles. The average molecular weight is 183 g/mol. The number of hydrogen-bond donors (Lipinski definition) is 1. The molecule has 0 unspecified atom stereocenters. The smallest absolute Gasteiger partial charge is 0.236 e. The van der Waals surface area contributed by atoms with E-state index < -0.39 is 0 Å². The predicted octanol–water partition coefficient (Wildman–Crippen LogP) is -0.0531. The van der Waals surface area contributed by atoms with Gasteiger partial charge in [-0.1, -0.05) is 0 Å². The maximum atomic E-state index is 11.6. The van der Waals surface area contributed by atoms with Gasteiger partial charge in [-0.05, 0) is 19.3 Å². The Morgan fingerprint density at radius 1 is 1.46 bits per heavy atom. The fourth-order valence-electron chi connectivity index (χ4n) is 1.91. The van der Waals surface area contributed by atoms with Crippen LogP contribution in [-0.2, 0) is 4.79 Å². The first-order chi connectivity index (χ1) is 6.33. The van der Waals surface area contributed by atoms with Crippen molar-refractivity contribution in [1.29, 1.82) is 0 Å². The molecule has 1 amide bonds. The molecule has 0 bridgehead atoms. The van der Waals surface area contributed by atoms with Crippen molar-refractivity contribution in [3.63, 3.8) is 0 Å². The lowest BCUT2D eigenvalue weighted by Gasteiger charge is -2.38. The highest BCUT2D eigenvalue weighted by Gasteiger charge is 2.36. The second-order valence-electron chi connectivity index (χ2n) is 3.80. The van der Waals surface area contributed by atoms with Crippen LogP contribution in [0.25, 0.3) is 0 Å². The molecule has 4 nitrogen and oxygen atoms in total. The summed E-state index contributed by atoms with van der Waals surface area (Å²) < 4.78 is 0. The van der Waals surface area contributed by atoms with Crippen LogP contribution in [0.4, 0.5) is 0 Å². The van der Waals surface area contributed by atoms with E-state index in [1.54, 1.807) is 0 Å². The highest BCUT2D eigenvalue weighted by Crippen LogP contribution is 2.30. The molecule has 0 aromatic heterocycles. The standard InChI is InChI=1S/C9H17N3O/c10-5-7-12-9(13)2-1-6-11(12)8-3-4-8/h8H,1-7,10H2. The molecule has 1 saturated heterocycles. The van der Waals surface area contributed by atoms with E-state index in [-0.39, 0.29) is 5.91 Å². The highest BCUT2D eigenvalue weighted by atomic mass is 16.2. The fraction of sp³-hybridized carbons (Fsp3) is 0.889. The first-order valence-electron chi connectivity index (χ1n) is 5.10. The van der Waals surface area contributed by atoms with Crippen molar-refractivity contribution in [3.8, 4) is 0 Å². The number of rotatable bonds is 3. The van der Waals surface area contributed by atoms with E-state index >= 15 is 0 Å². The summed E-state index contributed by atoms with van der Waals surface area (Å²) in [5.41, 5.74) is 5.48. The van der Waals surface area contributed by atoms with Gasteiger partial charge in [0.1, 0.15) is 0 Å². The number of nitrogens with two attached hydrogens (primary N) is 1. The summed E-state index contributed by atoms with van der Waals surface area (Å²) in [7, 11) is 0.